The Balaban J connectivity index is 1.42. The van der Waals surface area contributed by atoms with E-state index < -0.39 is 10.1 Å². The summed E-state index contributed by atoms with van der Waals surface area (Å²) < 4.78 is 35.3. The van der Waals surface area contributed by atoms with E-state index >= 15 is 0 Å². The van der Waals surface area contributed by atoms with Crippen LogP contribution in [0.1, 0.15) is 0 Å². The van der Waals surface area contributed by atoms with Crippen LogP contribution in [0.2, 0.25) is 0 Å². The van der Waals surface area contributed by atoms with Crippen LogP contribution in [0, 0.1) is 0 Å². The first kappa shape index (κ1) is 21.5. The number of fused-ring (bicyclic) bond motifs is 2. The van der Waals surface area contributed by atoms with Crippen molar-refractivity contribution in [3.63, 3.8) is 0 Å². The molecule has 5 aromatic rings. The molecule has 0 aliphatic rings. The molecule has 4 aromatic carbocycles. The summed E-state index contributed by atoms with van der Waals surface area (Å²) in [6.07, 6.45) is 0. The van der Waals surface area contributed by atoms with Crippen molar-refractivity contribution in [2.45, 2.75) is 14.1 Å². The molecule has 10 heteroatoms. The van der Waals surface area contributed by atoms with Gasteiger partial charge in [0.15, 0.2) is 10.1 Å². The maximum atomic E-state index is 11.8. The molecule has 0 fully saturated rings. The Morgan fingerprint density at radius 3 is 2.30 bits per heavy atom. The smallest absolute Gasteiger partial charge is 0.295 e. The summed E-state index contributed by atoms with van der Waals surface area (Å²) in [5.74, 6) is -0.218. The molecule has 0 spiro atoms. The minimum absolute atomic E-state index is 0.0609. The molecule has 0 aliphatic heterocycles. The summed E-state index contributed by atoms with van der Waals surface area (Å²) in [5.41, 5.74) is 1.42. The molecule has 0 saturated carbocycles. The molecule has 1 heterocycles. The normalized spacial score (nSPS) is 12.2. The van der Waals surface area contributed by atoms with Crippen molar-refractivity contribution in [3.8, 4) is 5.75 Å². The number of aromatic nitrogens is 1. The second-order valence-corrected chi connectivity index (χ2v) is 10.7. The van der Waals surface area contributed by atoms with Crippen molar-refractivity contribution in [2.24, 2.45) is 10.2 Å². The highest BCUT2D eigenvalue weighted by atomic mass is 32.2. The Kier molecular flexibility index (Phi) is 5.59. The van der Waals surface area contributed by atoms with Gasteiger partial charge in [0.05, 0.1) is 15.9 Å². The van der Waals surface area contributed by atoms with Gasteiger partial charge in [-0.2, -0.15) is 13.5 Å². The summed E-state index contributed by atoms with van der Waals surface area (Å²) in [6.45, 7) is 0. The molecule has 1 aromatic heterocycles. The van der Waals surface area contributed by atoms with Crippen LogP contribution in [0.3, 0.4) is 0 Å². The SMILES string of the molecule is O=S(=O)(O)c1cc(N=Nc2ccc(Sc3nc4ccccc4s3)cc2)c(O)c2ccccc12. The number of hydrogen-bond acceptors (Lipinski definition) is 8. The summed E-state index contributed by atoms with van der Waals surface area (Å²) in [5, 5.41) is 19.1. The zero-order chi connectivity index (χ0) is 23.0. The van der Waals surface area contributed by atoms with E-state index in [-0.39, 0.29) is 27.1 Å². The van der Waals surface area contributed by atoms with Gasteiger partial charge in [0.2, 0.25) is 0 Å². The lowest BCUT2D eigenvalue weighted by Crippen LogP contribution is -1.99. The Bertz CT molecular complexity index is 1600. The molecule has 0 radical (unpaired) electrons. The largest absolute Gasteiger partial charge is 0.505 e. The second-order valence-electron chi connectivity index (χ2n) is 7.01. The fraction of sp³-hybridized carbons (Fsp3) is 0. The van der Waals surface area contributed by atoms with Gasteiger partial charge in [0.1, 0.15) is 10.6 Å². The van der Waals surface area contributed by atoms with E-state index in [0.717, 1.165) is 25.5 Å². The highest BCUT2D eigenvalue weighted by Crippen LogP contribution is 2.40. The molecular weight excluding hydrogens is 478 g/mol. The monoisotopic (exact) mass is 493 g/mol. The van der Waals surface area contributed by atoms with Crippen LogP contribution in [-0.2, 0) is 10.1 Å². The molecule has 0 unspecified atom stereocenters. The second kappa shape index (κ2) is 8.56. The predicted molar refractivity (Wildman–Crippen MR) is 130 cm³/mol. The first-order valence-electron chi connectivity index (χ1n) is 9.66. The lowest BCUT2D eigenvalue weighted by atomic mass is 10.1. The molecule has 0 bridgehead atoms. The molecule has 0 atom stereocenters. The molecule has 0 saturated heterocycles. The number of hydrogen-bond donors (Lipinski definition) is 2. The third-order valence-electron chi connectivity index (χ3n) is 4.83. The maximum absolute atomic E-state index is 11.8. The van der Waals surface area contributed by atoms with E-state index in [9.17, 15) is 18.1 Å². The number of benzene rings is 4. The molecule has 2 N–H and O–H groups in total. The van der Waals surface area contributed by atoms with Crippen LogP contribution in [-0.4, -0.2) is 23.1 Å². The number of rotatable bonds is 5. The van der Waals surface area contributed by atoms with Crippen molar-refractivity contribution < 1.29 is 18.1 Å². The van der Waals surface area contributed by atoms with Gasteiger partial charge in [-0.05, 0) is 42.5 Å². The molecule has 164 valence electrons. The van der Waals surface area contributed by atoms with Crippen LogP contribution < -0.4 is 0 Å². The topological polar surface area (TPSA) is 112 Å². The average Bonchev–Trinajstić information content (AvgIpc) is 3.21. The molecule has 7 nitrogen and oxygen atoms in total. The van der Waals surface area contributed by atoms with E-state index in [1.165, 1.54) is 6.07 Å². The Morgan fingerprint density at radius 2 is 1.58 bits per heavy atom. The van der Waals surface area contributed by atoms with Gasteiger partial charge in [-0.15, -0.1) is 16.5 Å². The zero-order valence-electron chi connectivity index (χ0n) is 16.8. The summed E-state index contributed by atoms with van der Waals surface area (Å²) in [7, 11) is -4.52. The molecule has 33 heavy (non-hydrogen) atoms. The van der Waals surface area contributed by atoms with Crippen LogP contribution >= 0.6 is 23.1 Å². The van der Waals surface area contributed by atoms with Gasteiger partial charge in [-0.3, -0.25) is 4.55 Å². The van der Waals surface area contributed by atoms with Gasteiger partial charge < -0.3 is 5.11 Å². The van der Waals surface area contributed by atoms with E-state index in [4.69, 9.17) is 0 Å². The van der Waals surface area contributed by atoms with E-state index in [1.807, 2.05) is 36.4 Å². The van der Waals surface area contributed by atoms with Gasteiger partial charge in [0.25, 0.3) is 10.1 Å². The van der Waals surface area contributed by atoms with Gasteiger partial charge in [-0.1, -0.05) is 48.2 Å². The van der Waals surface area contributed by atoms with Crippen molar-refractivity contribution in [1.29, 1.82) is 0 Å². The summed E-state index contributed by atoms with van der Waals surface area (Å²) in [6, 6.07) is 22.7. The molecule has 5 rings (SSSR count). The van der Waals surface area contributed by atoms with E-state index in [2.05, 4.69) is 15.2 Å². The van der Waals surface area contributed by atoms with Crippen molar-refractivity contribution in [2.75, 3.05) is 0 Å². The Morgan fingerprint density at radius 1 is 0.879 bits per heavy atom. The van der Waals surface area contributed by atoms with E-state index in [0.29, 0.717) is 5.69 Å². The first-order valence-corrected chi connectivity index (χ1v) is 12.7. The quantitative estimate of drug-likeness (QED) is 0.202. The summed E-state index contributed by atoms with van der Waals surface area (Å²) in [4.78, 5) is 5.25. The number of thiazole rings is 1. The fourth-order valence-electron chi connectivity index (χ4n) is 3.29. The minimum atomic E-state index is -4.52. The third kappa shape index (κ3) is 4.46. The van der Waals surface area contributed by atoms with Crippen LogP contribution in [0.5, 0.6) is 5.75 Å². The highest BCUT2D eigenvalue weighted by molar-refractivity contribution is 8.01. The molecule has 0 aliphatic carbocycles. The standard InChI is InChI=1S/C23H15N3O4S3/c27-22-17-6-2-1-5-16(17)21(33(28,29)30)13-19(22)26-25-14-9-11-15(12-10-14)31-23-24-18-7-3-4-8-20(18)32-23/h1-13,27H,(H,28,29,30). The predicted octanol–water partition coefficient (Wildman–Crippen LogP) is 6.97. The van der Waals surface area contributed by atoms with Crippen molar-refractivity contribution in [3.05, 3.63) is 78.9 Å². The number of azo groups is 1. The number of aromatic hydroxyl groups is 1. The lowest BCUT2D eigenvalue weighted by molar-refractivity contribution is 0.480. The average molecular weight is 494 g/mol. The highest BCUT2D eigenvalue weighted by Gasteiger charge is 2.19. The Hall–Kier alpha value is -3.31. The fourth-order valence-corrected chi connectivity index (χ4v) is 6.05. The van der Waals surface area contributed by atoms with Gasteiger partial charge >= 0.3 is 0 Å². The minimum Gasteiger partial charge on any atom is -0.505 e. The van der Waals surface area contributed by atoms with Crippen LogP contribution in [0.25, 0.3) is 21.0 Å². The number of para-hydroxylation sites is 1. The number of phenolic OH excluding ortho intramolecular Hbond substituents is 1. The first-order chi connectivity index (χ1) is 15.9. The van der Waals surface area contributed by atoms with E-state index in [1.54, 1.807) is 53.4 Å². The molecule has 0 amide bonds. The van der Waals surface area contributed by atoms with Crippen molar-refractivity contribution >= 4 is 65.6 Å². The number of nitrogens with zero attached hydrogens (tertiary/aromatic N) is 3. The van der Waals surface area contributed by atoms with Crippen molar-refractivity contribution in [1.82, 2.24) is 4.98 Å². The van der Waals surface area contributed by atoms with Crippen LogP contribution in [0.15, 0.2) is 103 Å². The maximum Gasteiger partial charge on any atom is 0.295 e. The Labute approximate surface area is 197 Å². The molecular formula is C23H15N3O4S3. The number of phenols is 1. The van der Waals surface area contributed by atoms with Gasteiger partial charge in [0, 0.05) is 15.7 Å². The van der Waals surface area contributed by atoms with Crippen LogP contribution in [0.4, 0.5) is 11.4 Å². The third-order valence-corrected chi connectivity index (χ3v) is 7.82. The zero-order valence-corrected chi connectivity index (χ0v) is 19.2. The summed E-state index contributed by atoms with van der Waals surface area (Å²) >= 11 is 3.17. The lowest BCUT2D eigenvalue weighted by Gasteiger charge is -2.08. The van der Waals surface area contributed by atoms with Gasteiger partial charge in [-0.25, -0.2) is 4.98 Å².